The smallest absolute Gasteiger partial charge is 0.413 e. The zero-order valence-electron chi connectivity index (χ0n) is 18.6. The number of carbonyl (C=O) groups excluding carboxylic acids is 2. The Hall–Kier alpha value is -3.47. The lowest BCUT2D eigenvalue weighted by Crippen LogP contribution is -2.53. The van der Waals surface area contributed by atoms with Crippen molar-refractivity contribution in [2.75, 3.05) is 0 Å². The molecule has 0 bridgehead atoms. The Morgan fingerprint density at radius 3 is 2.50 bits per heavy atom. The molecule has 3 aromatic rings. The standard InChI is InChI=1S/C25H20BrF4N3O3/c26-17-12-18(27)16(10-20(17)36-14-15-6-2-1-3-7-15)11-22(34)32-21-13-24(21,25(28,29)30)33-23(35)19-8-4-5-9-31-19/h1-10,12,21H,11,13-14H2,(H,32,34)(H,33,35). The van der Waals surface area contributed by atoms with E-state index in [9.17, 15) is 27.2 Å². The normalized spacial score (nSPS) is 18.9. The van der Waals surface area contributed by atoms with Crippen LogP contribution in [0.3, 0.4) is 0 Å². The second-order valence-corrected chi connectivity index (χ2v) is 9.14. The molecule has 1 aromatic heterocycles. The van der Waals surface area contributed by atoms with Crippen LogP contribution in [0.2, 0.25) is 0 Å². The molecule has 1 fully saturated rings. The van der Waals surface area contributed by atoms with E-state index >= 15 is 0 Å². The van der Waals surface area contributed by atoms with Gasteiger partial charge in [-0.25, -0.2) is 4.39 Å². The molecule has 2 aromatic carbocycles. The molecule has 0 spiro atoms. The first-order chi connectivity index (χ1) is 17.1. The first-order valence-electron chi connectivity index (χ1n) is 10.8. The Bertz CT molecular complexity index is 1260. The number of amides is 2. The van der Waals surface area contributed by atoms with Crippen molar-refractivity contribution < 1.29 is 31.9 Å². The average molecular weight is 566 g/mol. The van der Waals surface area contributed by atoms with E-state index in [-0.39, 0.29) is 23.6 Å². The van der Waals surface area contributed by atoms with E-state index < -0.39 is 48.2 Å². The van der Waals surface area contributed by atoms with Gasteiger partial charge < -0.3 is 15.4 Å². The second-order valence-electron chi connectivity index (χ2n) is 8.29. The van der Waals surface area contributed by atoms with Crippen molar-refractivity contribution in [1.82, 2.24) is 15.6 Å². The molecule has 1 saturated carbocycles. The van der Waals surface area contributed by atoms with Crippen molar-refractivity contribution >= 4 is 27.7 Å². The van der Waals surface area contributed by atoms with E-state index in [0.29, 0.717) is 4.47 Å². The molecular formula is C25H20BrF4N3O3. The fourth-order valence-corrected chi connectivity index (χ4v) is 4.12. The van der Waals surface area contributed by atoms with E-state index in [1.807, 2.05) is 35.6 Å². The van der Waals surface area contributed by atoms with Crippen LogP contribution in [0.1, 0.15) is 28.0 Å². The molecular weight excluding hydrogens is 546 g/mol. The first-order valence-corrected chi connectivity index (χ1v) is 11.6. The van der Waals surface area contributed by atoms with E-state index in [1.165, 1.54) is 30.5 Å². The highest BCUT2D eigenvalue weighted by atomic mass is 79.9. The van der Waals surface area contributed by atoms with Crippen LogP contribution in [0.5, 0.6) is 5.75 Å². The van der Waals surface area contributed by atoms with Crippen LogP contribution in [0, 0.1) is 5.82 Å². The maximum Gasteiger partial charge on any atom is 0.413 e. The third-order valence-corrected chi connectivity index (χ3v) is 6.34. The van der Waals surface area contributed by atoms with Crippen LogP contribution >= 0.6 is 15.9 Å². The fourth-order valence-electron chi connectivity index (χ4n) is 3.69. The Morgan fingerprint density at radius 1 is 1.11 bits per heavy atom. The summed E-state index contributed by atoms with van der Waals surface area (Å²) in [5.41, 5.74) is -1.98. The van der Waals surface area contributed by atoms with Gasteiger partial charge in [0.15, 0.2) is 5.54 Å². The van der Waals surface area contributed by atoms with Gasteiger partial charge in [0, 0.05) is 18.2 Å². The van der Waals surface area contributed by atoms with Gasteiger partial charge in [0.1, 0.15) is 23.9 Å². The molecule has 2 unspecified atom stereocenters. The van der Waals surface area contributed by atoms with Gasteiger partial charge in [0.25, 0.3) is 5.91 Å². The average Bonchev–Trinajstić information content (AvgIpc) is 3.54. The van der Waals surface area contributed by atoms with Gasteiger partial charge in [0.2, 0.25) is 5.91 Å². The van der Waals surface area contributed by atoms with Gasteiger partial charge in [0.05, 0.1) is 16.9 Å². The van der Waals surface area contributed by atoms with Crippen LogP contribution in [0.15, 0.2) is 71.3 Å². The lowest BCUT2D eigenvalue weighted by molar-refractivity contribution is -0.165. The summed E-state index contributed by atoms with van der Waals surface area (Å²) in [5.74, 6) is -2.27. The number of ether oxygens (including phenoxy) is 1. The first kappa shape index (κ1) is 25.6. The van der Waals surface area contributed by atoms with E-state index in [4.69, 9.17) is 4.74 Å². The molecule has 2 N–H and O–H groups in total. The number of carbonyl (C=O) groups is 2. The van der Waals surface area contributed by atoms with Crippen LogP contribution in [-0.4, -0.2) is 34.6 Å². The molecule has 2 atom stereocenters. The summed E-state index contributed by atoms with van der Waals surface area (Å²) >= 11 is 3.21. The molecule has 1 aliphatic carbocycles. The maximum atomic E-state index is 14.5. The molecule has 1 aliphatic rings. The predicted octanol–water partition coefficient (Wildman–Crippen LogP) is 4.72. The van der Waals surface area contributed by atoms with Crippen molar-refractivity contribution in [1.29, 1.82) is 0 Å². The quantitative estimate of drug-likeness (QED) is 0.387. The predicted molar refractivity (Wildman–Crippen MR) is 126 cm³/mol. The van der Waals surface area contributed by atoms with Gasteiger partial charge >= 0.3 is 6.18 Å². The number of hydrogen-bond donors (Lipinski definition) is 2. The molecule has 1 heterocycles. The van der Waals surface area contributed by atoms with Crippen molar-refractivity contribution in [2.45, 2.75) is 37.2 Å². The van der Waals surface area contributed by atoms with Crippen LogP contribution < -0.4 is 15.4 Å². The van der Waals surface area contributed by atoms with E-state index in [1.54, 1.807) is 0 Å². The number of pyridine rings is 1. The fraction of sp³-hybridized carbons (Fsp3) is 0.240. The summed E-state index contributed by atoms with van der Waals surface area (Å²) in [4.78, 5) is 28.6. The van der Waals surface area contributed by atoms with Crippen molar-refractivity contribution in [3.05, 3.63) is 94.0 Å². The summed E-state index contributed by atoms with van der Waals surface area (Å²) in [6, 6.07) is 14.6. The maximum absolute atomic E-state index is 14.5. The molecule has 11 heteroatoms. The van der Waals surface area contributed by atoms with Crippen LogP contribution in [0.4, 0.5) is 17.6 Å². The molecule has 36 heavy (non-hydrogen) atoms. The number of nitrogens with one attached hydrogen (secondary N) is 2. The summed E-state index contributed by atoms with van der Waals surface area (Å²) in [7, 11) is 0. The minimum Gasteiger partial charge on any atom is -0.488 e. The summed E-state index contributed by atoms with van der Waals surface area (Å²) in [6.45, 7) is 0.197. The third kappa shape index (κ3) is 5.67. The summed E-state index contributed by atoms with van der Waals surface area (Å²) < 4.78 is 62.0. The number of aromatic nitrogens is 1. The Balaban J connectivity index is 1.42. The highest BCUT2D eigenvalue weighted by Gasteiger charge is 2.72. The zero-order valence-corrected chi connectivity index (χ0v) is 20.2. The van der Waals surface area contributed by atoms with Crippen molar-refractivity contribution in [3.63, 3.8) is 0 Å². The minimum atomic E-state index is -4.82. The highest BCUT2D eigenvalue weighted by molar-refractivity contribution is 9.10. The number of hydrogen-bond acceptors (Lipinski definition) is 4. The zero-order chi connectivity index (χ0) is 25.9. The number of halogens is 5. The molecule has 2 amide bonds. The SMILES string of the molecule is O=C(Cc1cc(OCc2ccccc2)c(Br)cc1F)NC1CC1(NC(=O)c1ccccn1)C(F)(F)F. The molecule has 0 radical (unpaired) electrons. The van der Waals surface area contributed by atoms with Gasteiger partial charge in [-0.1, -0.05) is 36.4 Å². The lowest BCUT2D eigenvalue weighted by Gasteiger charge is -2.22. The number of nitrogens with zero attached hydrogens (tertiary/aromatic N) is 1. The van der Waals surface area contributed by atoms with Gasteiger partial charge in [-0.15, -0.1) is 0 Å². The lowest BCUT2D eigenvalue weighted by atomic mass is 10.1. The molecule has 188 valence electrons. The van der Waals surface area contributed by atoms with E-state index in [0.717, 1.165) is 11.6 Å². The molecule has 4 rings (SSSR count). The van der Waals surface area contributed by atoms with Crippen molar-refractivity contribution in [3.8, 4) is 5.75 Å². The largest absolute Gasteiger partial charge is 0.488 e. The minimum absolute atomic E-state index is 0.0467. The summed E-state index contributed by atoms with van der Waals surface area (Å²) in [6.07, 6.45) is -4.60. The van der Waals surface area contributed by atoms with Gasteiger partial charge in [-0.2, -0.15) is 13.2 Å². The Kier molecular flexibility index (Phi) is 7.30. The Morgan fingerprint density at radius 2 is 1.83 bits per heavy atom. The van der Waals surface area contributed by atoms with Crippen LogP contribution in [0.25, 0.3) is 0 Å². The van der Waals surface area contributed by atoms with Gasteiger partial charge in [-0.3, -0.25) is 14.6 Å². The van der Waals surface area contributed by atoms with E-state index in [2.05, 4.69) is 26.2 Å². The molecule has 6 nitrogen and oxygen atoms in total. The monoisotopic (exact) mass is 565 g/mol. The molecule has 0 aliphatic heterocycles. The number of rotatable bonds is 8. The molecule has 0 saturated heterocycles. The Labute approximate surface area is 212 Å². The third-order valence-electron chi connectivity index (χ3n) is 5.73. The van der Waals surface area contributed by atoms with Gasteiger partial charge in [-0.05, 0) is 45.8 Å². The highest BCUT2D eigenvalue weighted by Crippen LogP contribution is 2.49. The van der Waals surface area contributed by atoms with Crippen LogP contribution in [-0.2, 0) is 17.8 Å². The van der Waals surface area contributed by atoms with Crippen molar-refractivity contribution in [2.24, 2.45) is 0 Å². The topological polar surface area (TPSA) is 80.3 Å². The second kappa shape index (κ2) is 10.3. The number of benzene rings is 2. The number of alkyl halides is 3. The summed E-state index contributed by atoms with van der Waals surface area (Å²) in [5, 5.41) is 4.22.